The molecule has 1 aliphatic heterocycles. The Balaban J connectivity index is 1.31. The van der Waals surface area contributed by atoms with Crippen molar-refractivity contribution in [2.45, 2.75) is 11.3 Å². The number of amides is 1. The Bertz CT molecular complexity index is 994. The smallest absolute Gasteiger partial charge is 0.230 e. The normalized spacial score (nSPS) is 15.0. The first-order chi connectivity index (χ1) is 14.2. The lowest BCUT2D eigenvalue weighted by Crippen LogP contribution is -2.41. The number of carbonyl (C=O) groups is 1. The standard InChI is InChI=1S/C20H20N4O4S/c1-26-16-7-3-2-6-15(16)24-13-22-23-20(24)29-12-19(25)21-10-14-11-27-17-8-4-5-9-18(17)28-14/h2-9,13-14H,10-12H2,1H3,(H,21,25). The molecule has 0 saturated heterocycles. The molecular weight excluding hydrogens is 392 g/mol. The Kier molecular flexibility index (Phi) is 5.85. The average molecular weight is 412 g/mol. The second kappa shape index (κ2) is 8.87. The molecule has 1 atom stereocenters. The van der Waals surface area contributed by atoms with E-state index in [-0.39, 0.29) is 17.8 Å². The fraction of sp³-hybridized carbons (Fsp3) is 0.250. The number of nitrogens with zero attached hydrogens (tertiary/aromatic N) is 3. The molecule has 9 heteroatoms. The van der Waals surface area contributed by atoms with Gasteiger partial charge in [-0.1, -0.05) is 36.0 Å². The summed E-state index contributed by atoms with van der Waals surface area (Å²) in [4.78, 5) is 12.3. The Morgan fingerprint density at radius 3 is 2.90 bits per heavy atom. The molecule has 0 saturated carbocycles. The number of aromatic nitrogens is 3. The predicted molar refractivity (Wildman–Crippen MR) is 108 cm³/mol. The Morgan fingerprint density at radius 1 is 1.24 bits per heavy atom. The van der Waals surface area contributed by atoms with Crippen LogP contribution in [0.5, 0.6) is 17.2 Å². The van der Waals surface area contributed by atoms with Gasteiger partial charge in [0.05, 0.1) is 25.1 Å². The number of thioether (sulfide) groups is 1. The van der Waals surface area contributed by atoms with E-state index in [1.54, 1.807) is 18.0 Å². The molecule has 1 N–H and O–H groups in total. The van der Waals surface area contributed by atoms with E-state index in [9.17, 15) is 4.79 Å². The summed E-state index contributed by atoms with van der Waals surface area (Å²) in [5.74, 6) is 2.21. The lowest BCUT2D eigenvalue weighted by molar-refractivity contribution is -0.119. The molecule has 1 amide bonds. The van der Waals surface area contributed by atoms with Gasteiger partial charge >= 0.3 is 0 Å². The van der Waals surface area contributed by atoms with Crippen molar-refractivity contribution in [1.29, 1.82) is 0 Å². The van der Waals surface area contributed by atoms with E-state index in [0.717, 1.165) is 11.4 Å². The number of hydrogen-bond acceptors (Lipinski definition) is 7. The minimum Gasteiger partial charge on any atom is -0.495 e. The van der Waals surface area contributed by atoms with Crippen LogP contribution in [0.4, 0.5) is 0 Å². The minimum atomic E-state index is -0.226. The molecule has 2 aromatic carbocycles. The van der Waals surface area contributed by atoms with E-state index in [1.165, 1.54) is 11.8 Å². The van der Waals surface area contributed by atoms with Gasteiger partial charge in [0.1, 0.15) is 24.8 Å². The van der Waals surface area contributed by atoms with Crippen LogP contribution in [0.25, 0.3) is 5.69 Å². The molecule has 29 heavy (non-hydrogen) atoms. The molecule has 2 heterocycles. The van der Waals surface area contributed by atoms with Gasteiger partial charge in [-0.25, -0.2) is 0 Å². The zero-order valence-corrected chi connectivity index (χ0v) is 16.6. The van der Waals surface area contributed by atoms with Gasteiger partial charge in [-0.2, -0.15) is 0 Å². The van der Waals surface area contributed by atoms with Crippen molar-refractivity contribution in [1.82, 2.24) is 20.1 Å². The van der Waals surface area contributed by atoms with Gasteiger partial charge in [-0.15, -0.1) is 10.2 Å². The number of rotatable bonds is 7. The molecule has 0 radical (unpaired) electrons. The Morgan fingerprint density at radius 2 is 2.03 bits per heavy atom. The second-order valence-electron chi connectivity index (χ2n) is 6.25. The molecule has 4 rings (SSSR count). The topological polar surface area (TPSA) is 87.5 Å². The molecule has 0 aliphatic carbocycles. The average Bonchev–Trinajstić information content (AvgIpc) is 3.24. The summed E-state index contributed by atoms with van der Waals surface area (Å²) in [6.45, 7) is 0.763. The highest BCUT2D eigenvalue weighted by molar-refractivity contribution is 7.99. The third-order valence-electron chi connectivity index (χ3n) is 4.29. The first kappa shape index (κ1) is 19.1. The van der Waals surface area contributed by atoms with Gasteiger partial charge < -0.3 is 19.5 Å². The van der Waals surface area contributed by atoms with Crippen molar-refractivity contribution in [2.24, 2.45) is 0 Å². The number of hydrogen-bond donors (Lipinski definition) is 1. The van der Waals surface area contributed by atoms with Gasteiger partial charge in [-0.3, -0.25) is 9.36 Å². The molecular formula is C20H20N4O4S. The molecule has 3 aromatic rings. The van der Waals surface area contributed by atoms with E-state index in [4.69, 9.17) is 14.2 Å². The lowest BCUT2D eigenvalue weighted by atomic mass is 10.2. The van der Waals surface area contributed by atoms with Crippen LogP contribution < -0.4 is 19.5 Å². The van der Waals surface area contributed by atoms with Crippen LogP contribution in [0.1, 0.15) is 0 Å². The predicted octanol–water partition coefficient (Wildman–Crippen LogP) is 2.32. The number of fused-ring (bicyclic) bond motifs is 1. The molecule has 0 spiro atoms. The van der Waals surface area contributed by atoms with Crippen LogP contribution in [0.2, 0.25) is 0 Å². The van der Waals surface area contributed by atoms with Gasteiger partial charge in [0.25, 0.3) is 0 Å². The SMILES string of the molecule is COc1ccccc1-n1cnnc1SCC(=O)NCC1COc2ccccc2O1. The molecule has 0 fully saturated rings. The minimum absolute atomic E-state index is 0.118. The molecule has 1 aliphatic rings. The van der Waals surface area contributed by atoms with Crippen molar-refractivity contribution in [3.63, 3.8) is 0 Å². The summed E-state index contributed by atoms with van der Waals surface area (Å²) in [5.41, 5.74) is 0.814. The summed E-state index contributed by atoms with van der Waals surface area (Å²) in [7, 11) is 1.61. The zero-order chi connectivity index (χ0) is 20.1. The third-order valence-corrected chi connectivity index (χ3v) is 5.23. The highest BCUT2D eigenvalue weighted by Crippen LogP contribution is 2.30. The lowest BCUT2D eigenvalue weighted by Gasteiger charge is -2.26. The van der Waals surface area contributed by atoms with Crippen LogP contribution in [0.15, 0.2) is 60.0 Å². The second-order valence-corrected chi connectivity index (χ2v) is 7.19. The molecule has 0 bridgehead atoms. The number of nitrogens with one attached hydrogen (secondary N) is 1. The molecule has 8 nitrogen and oxygen atoms in total. The van der Waals surface area contributed by atoms with Gasteiger partial charge in [0, 0.05) is 0 Å². The van der Waals surface area contributed by atoms with Crippen molar-refractivity contribution in [2.75, 3.05) is 26.0 Å². The van der Waals surface area contributed by atoms with Crippen LogP contribution in [-0.4, -0.2) is 52.8 Å². The molecule has 1 aromatic heterocycles. The van der Waals surface area contributed by atoms with E-state index in [0.29, 0.717) is 29.8 Å². The number of methoxy groups -OCH3 is 1. The first-order valence-electron chi connectivity index (χ1n) is 9.06. The number of benzene rings is 2. The summed E-state index contributed by atoms with van der Waals surface area (Å²) in [5, 5.41) is 11.6. The van der Waals surface area contributed by atoms with E-state index >= 15 is 0 Å². The summed E-state index contributed by atoms with van der Waals surface area (Å²) >= 11 is 1.30. The van der Waals surface area contributed by atoms with Crippen molar-refractivity contribution in [3.05, 3.63) is 54.9 Å². The van der Waals surface area contributed by atoms with E-state index in [2.05, 4.69) is 15.5 Å². The van der Waals surface area contributed by atoms with Crippen molar-refractivity contribution >= 4 is 17.7 Å². The van der Waals surface area contributed by atoms with Gasteiger partial charge in [0.2, 0.25) is 5.91 Å². The van der Waals surface area contributed by atoms with E-state index < -0.39 is 0 Å². The fourth-order valence-corrected chi connectivity index (χ4v) is 3.64. The van der Waals surface area contributed by atoms with Gasteiger partial charge in [0.15, 0.2) is 16.7 Å². The molecule has 150 valence electrons. The fourth-order valence-electron chi connectivity index (χ4n) is 2.89. The maximum Gasteiger partial charge on any atom is 0.230 e. The maximum absolute atomic E-state index is 12.3. The van der Waals surface area contributed by atoms with Crippen LogP contribution in [0.3, 0.4) is 0 Å². The van der Waals surface area contributed by atoms with Crippen LogP contribution in [-0.2, 0) is 4.79 Å². The zero-order valence-electron chi connectivity index (χ0n) is 15.8. The quantitative estimate of drug-likeness (QED) is 0.596. The third kappa shape index (κ3) is 4.45. The summed E-state index contributed by atoms with van der Waals surface area (Å²) in [6.07, 6.45) is 1.37. The highest BCUT2D eigenvalue weighted by atomic mass is 32.2. The van der Waals surface area contributed by atoms with Crippen molar-refractivity contribution < 1.29 is 19.0 Å². The van der Waals surface area contributed by atoms with E-state index in [1.807, 2.05) is 48.5 Å². The largest absolute Gasteiger partial charge is 0.495 e. The number of carbonyl (C=O) groups excluding carboxylic acids is 1. The van der Waals surface area contributed by atoms with Crippen LogP contribution >= 0.6 is 11.8 Å². The highest BCUT2D eigenvalue weighted by Gasteiger charge is 2.21. The summed E-state index contributed by atoms with van der Waals surface area (Å²) in [6, 6.07) is 15.1. The summed E-state index contributed by atoms with van der Waals surface area (Å²) < 4.78 is 18.7. The number of ether oxygens (including phenoxy) is 3. The monoisotopic (exact) mass is 412 g/mol. The van der Waals surface area contributed by atoms with Gasteiger partial charge in [-0.05, 0) is 24.3 Å². The number of para-hydroxylation sites is 4. The molecule has 1 unspecified atom stereocenters. The van der Waals surface area contributed by atoms with Crippen molar-refractivity contribution in [3.8, 4) is 22.9 Å². The maximum atomic E-state index is 12.3. The Hall–Kier alpha value is -3.20. The first-order valence-corrected chi connectivity index (χ1v) is 10.0. The van der Waals surface area contributed by atoms with Crippen LogP contribution in [0, 0.1) is 0 Å². The Labute approximate surface area is 172 Å².